The summed E-state index contributed by atoms with van der Waals surface area (Å²) in [4.78, 5) is 4.30. The zero-order chi connectivity index (χ0) is 8.55. The summed E-state index contributed by atoms with van der Waals surface area (Å²) in [7, 11) is 0. The Morgan fingerprint density at radius 3 is 2.92 bits per heavy atom. The molecule has 3 heteroatoms. The normalized spacial score (nSPS) is 16.5. The molecule has 0 unspecified atom stereocenters. The van der Waals surface area contributed by atoms with Gasteiger partial charge in [-0.25, -0.2) is 0 Å². The first kappa shape index (κ1) is 8.02. The van der Waals surface area contributed by atoms with E-state index in [0.29, 0.717) is 17.5 Å². The number of aromatic nitrogens is 1. The van der Waals surface area contributed by atoms with Crippen molar-refractivity contribution in [2.75, 3.05) is 0 Å². The molecule has 2 nitrogen and oxygen atoms in total. The predicted molar refractivity (Wildman–Crippen MR) is 49.1 cm³/mol. The van der Waals surface area contributed by atoms with Crippen LogP contribution in [0.1, 0.15) is 30.0 Å². The molecule has 0 saturated heterocycles. The van der Waals surface area contributed by atoms with Gasteiger partial charge in [0.2, 0.25) is 0 Å². The van der Waals surface area contributed by atoms with Crippen LogP contribution in [0.5, 0.6) is 0 Å². The molecule has 0 amide bonds. The highest BCUT2D eigenvalue weighted by Crippen LogP contribution is 2.40. The fraction of sp³-hybridized carbons (Fsp3) is 0.444. The van der Waals surface area contributed by atoms with Gasteiger partial charge in [0.25, 0.3) is 0 Å². The van der Waals surface area contributed by atoms with Crippen LogP contribution in [0.15, 0.2) is 12.3 Å². The monoisotopic (exact) mass is 182 g/mol. The lowest BCUT2D eigenvalue weighted by molar-refractivity contribution is 0.936. The lowest BCUT2D eigenvalue weighted by atomic mass is 10.1. The topological polar surface area (TPSA) is 38.9 Å². The molecule has 2 rings (SSSR count). The van der Waals surface area contributed by atoms with Gasteiger partial charge in [0.05, 0.1) is 5.02 Å². The van der Waals surface area contributed by atoms with Gasteiger partial charge in [0.15, 0.2) is 0 Å². The van der Waals surface area contributed by atoms with Crippen molar-refractivity contribution in [3.8, 4) is 0 Å². The number of hydrogen-bond donors (Lipinski definition) is 1. The van der Waals surface area contributed by atoms with E-state index in [-0.39, 0.29) is 0 Å². The highest BCUT2D eigenvalue weighted by Gasteiger charge is 2.26. The van der Waals surface area contributed by atoms with Crippen LogP contribution in [0.2, 0.25) is 5.02 Å². The molecule has 0 aromatic carbocycles. The molecule has 1 aromatic heterocycles. The molecule has 0 bridgehead atoms. The Kier molecular flexibility index (Phi) is 2.03. The smallest absolute Gasteiger partial charge is 0.0592 e. The average molecular weight is 183 g/mol. The van der Waals surface area contributed by atoms with Gasteiger partial charge in [-0.2, -0.15) is 0 Å². The van der Waals surface area contributed by atoms with E-state index in [2.05, 4.69) is 4.98 Å². The second kappa shape index (κ2) is 3.04. The minimum atomic E-state index is 0.541. The maximum atomic E-state index is 5.80. The van der Waals surface area contributed by atoms with E-state index in [1.54, 1.807) is 6.20 Å². The third kappa shape index (κ3) is 1.45. The third-order valence-electron chi connectivity index (χ3n) is 2.15. The van der Waals surface area contributed by atoms with Crippen molar-refractivity contribution in [1.29, 1.82) is 0 Å². The predicted octanol–water partition coefficient (Wildman–Crippen LogP) is 2.07. The molecule has 1 aliphatic rings. The molecular weight excluding hydrogens is 172 g/mol. The van der Waals surface area contributed by atoms with Gasteiger partial charge in [0, 0.05) is 24.4 Å². The zero-order valence-corrected chi connectivity index (χ0v) is 7.51. The summed E-state index contributed by atoms with van der Waals surface area (Å²) < 4.78 is 0. The van der Waals surface area contributed by atoms with Crippen LogP contribution in [0.25, 0.3) is 0 Å². The van der Waals surface area contributed by atoms with Crippen molar-refractivity contribution >= 4 is 11.6 Å². The fourth-order valence-corrected chi connectivity index (χ4v) is 1.56. The van der Waals surface area contributed by atoms with E-state index in [0.717, 1.165) is 11.3 Å². The summed E-state index contributed by atoms with van der Waals surface area (Å²) in [5, 5.41) is 0.680. The van der Waals surface area contributed by atoms with Crippen LogP contribution in [-0.2, 0) is 6.54 Å². The zero-order valence-electron chi connectivity index (χ0n) is 6.76. The number of rotatable bonds is 2. The summed E-state index contributed by atoms with van der Waals surface area (Å²) in [5.41, 5.74) is 7.84. The summed E-state index contributed by atoms with van der Waals surface area (Å²) >= 11 is 5.80. The summed E-state index contributed by atoms with van der Waals surface area (Å²) in [6.45, 7) is 0.541. The molecule has 1 fully saturated rings. The van der Waals surface area contributed by atoms with E-state index < -0.39 is 0 Å². The summed E-state index contributed by atoms with van der Waals surface area (Å²) in [5.74, 6) is 0.654. The molecule has 12 heavy (non-hydrogen) atoms. The van der Waals surface area contributed by atoms with E-state index in [9.17, 15) is 0 Å². The van der Waals surface area contributed by atoms with E-state index in [1.807, 2.05) is 6.07 Å². The van der Waals surface area contributed by atoms with Crippen LogP contribution < -0.4 is 5.73 Å². The molecule has 0 radical (unpaired) electrons. The first-order valence-corrected chi connectivity index (χ1v) is 4.53. The molecule has 0 spiro atoms. The molecule has 0 aliphatic heterocycles. The van der Waals surface area contributed by atoms with E-state index >= 15 is 0 Å². The van der Waals surface area contributed by atoms with Crippen LogP contribution in [-0.4, -0.2) is 4.98 Å². The van der Waals surface area contributed by atoms with Crippen LogP contribution in [0.3, 0.4) is 0 Å². The molecule has 1 heterocycles. The summed E-state index contributed by atoms with van der Waals surface area (Å²) in [6, 6.07) is 1.92. The fourth-order valence-electron chi connectivity index (χ4n) is 1.38. The van der Waals surface area contributed by atoms with Gasteiger partial charge in [0.1, 0.15) is 0 Å². The van der Waals surface area contributed by atoms with Crippen molar-refractivity contribution < 1.29 is 0 Å². The molecule has 1 aliphatic carbocycles. The lowest BCUT2D eigenvalue weighted by Crippen LogP contribution is -2.02. The molecule has 1 aromatic rings. The lowest BCUT2D eigenvalue weighted by Gasteiger charge is -2.04. The Morgan fingerprint density at radius 1 is 1.58 bits per heavy atom. The minimum absolute atomic E-state index is 0.541. The van der Waals surface area contributed by atoms with Gasteiger partial charge in [-0.05, 0) is 24.5 Å². The maximum Gasteiger partial charge on any atom is 0.0592 e. The largest absolute Gasteiger partial charge is 0.326 e. The number of nitrogens with zero attached hydrogens (tertiary/aromatic N) is 1. The SMILES string of the molecule is NCc1cc(Cl)cnc1C1CC1. The molecule has 0 atom stereocenters. The second-order valence-corrected chi connectivity index (χ2v) is 3.61. The van der Waals surface area contributed by atoms with Crippen molar-refractivity contribution in [2.24, 2.45) is 5.73 Å². The van der Waals surface area contributed by atoms with Gasteiger partial charge < -0.3 is 5.73 Å². The van der Waals surface area contributed by atoms with Crippen LogP contribution in [0.4, 0.5) is 0 Å². The summed E-state index contributed by atoms with van der Waals surface area (Å²) in [6.07, 6.45) is 4.21. The first-order chi connectivity index (χ1) is 5.81. The number of hydrogen-bond acceptors (Lipinski definition) is 2. The minimum Gasteiger partial charge on any atom is -0.326 e. The molecule has 2 N–H and O–H groups in total. The number of nitrogens with two attached hydrogens (primary N) is 1. The highest BCUT2D eigenvalue weighted by atomic mass is 35.5. The Morgan fingerprint density at radius 2 is 2.33 bits per heavy atom. The quantitative estimate of drug-likeness (QED) is 0.761. The van der Waals surface area contributed by atoms with Gasteiger partial charge in [-0.15, -0.1) is 0 Å². The highest BCUT2D eigenvalue weighted by molar-refractivity contribution is 6.30. The van der Waals surface area contributed by atoms with Gasteiger partial charge >= 0.3 is 0 Å². The molecule has 64 valence electrons. The van der Waals surface area contributed by atoms with Crippen molar-refractivity contribution in [2.45, 2.75) is 25.3 Å². The van der Waals surface area contributed by atoms with E-state index in [4.69, 9.17) is 17.3 Å². The number of halogens is 1. The maximum absolute atomic E-state index is 5.80. The second-order valence-electron chi connectivity index (χ2n) is 3.18. The van der Waals surface area contributed by atoms with Crippen LogP contribution in [0, 0.1) is 0 Å². The molecular formula is C9H11ClN2. The first-order valence-electron chi connectivity index (χ1n) is 4.15. The van der Waals surface area contributed by atoms with Crippen molar-refractivity contribution in [1.82, 2.24) is 4.98 Å². The Balaban J connectivity index is 2.38. The Hall–Kier alpha value is -0.600. The molecule has 1 saturated carbocycles. The Bertz CT molecular complexity index is 295. The van der Waals surface area contributed by atoms with Crippen molar-refractivity contribution in [3.05, 3.63) is 28.5 Å². The van der Waals surface area contributed by atoms with Gasteiger partial charge in [-0.3, -0.25) is 4.98 Å². The number of pyridine rings is 1. The van der Waals surface area contributed by atoms with Gasteiger partial charge in [-0.1, -0.05) is 11.6 Å². The average Bonchev–Trinajstić information content (AvgIpc) is 2.87. The van der Waals surface area contributed by atoms with Crippen molar-refractivity contribution in [3.63, 3.8) is 0 Å². The van der Waals surface area contributed by atoms with Crippen LogP contribution >= 0.6 is 11.6 Å². The third-order valence-corrected chi connectivity index (χ3v) is 2.36. The standard InChI is InChI=1S/C9H11ClN2/c10-8-3-7(4-11)9(12-5-8)6-1-2-6/h3,5-6H,1-2,4,11H2. The Labute approximate surface area is 76.7 Å². The van der Waals surface area contributed by atoms with E-state index in [1.165, 1.54) is 12.8 Å².